The van der Waals surface area contributed by atoms with Crippen LogP contribution in [0.2, 0.25) is 0 Å². The van der Waals surface area contributed by atoms with Crippen LogP contribution in [-0.2, 0) is 56.5 Å². The molecule has 1 radical (unpaired) electrons. The van der Waals surface area contributed by atoms with E-state index in [0.29, 0.717) is 17.0 Å². The van der Waals surface area contributed by atoms with Gasteiger partial charge in [0, 0.05) is 36.3 Å². The van der Waals surface area contributed by atoms with Gasteiger partial charge in [-0.2, -0.15) is 16.8 Å². The molecule has 0 bridgehead atoms. The number of ether oxygens (including phenoxy) is 2. The summed E-state index contributed by atoms with van der Waals surface area (Å²) in [5, 5.41) is 51.1. The van der Waals surface area contributed by atoms with Crippen molar-refractivity contribution in [2.45, 2.75) is 49.1 Å². The Kier molecular flexibility index (Phi) is 19.9. The number of aromatic hydroxyl groups is 2. The van der Waals surface area contributed by atoms with Crippen LogP contribution in [0.1, 0.15) is 50.4 Å². The van der Waals surface area contributed by atoms with E-state index >= 15 is 0 Å². The van der Waals surface area contributed by atoms with Gasteiger partial charge in [0.05, 0.1) is 27.3 Å². The molecule has 0 saturated heterocycles. The Morgan fingerprint density at radius 1 is 0.706 bits per heavy atom. The monoisotopic (exact) mass is 811 g/mol. The summed E-state index contributed by atoms with van der Waals surface area (Å²) in [6.07, 6.45) is 1.25. The minimum atomic E-state index is -5.17. The number of carbonyl (C=O) groups excluding carboxylic acids is 1. The Morgan fingerprint density at radius 3 is 1.25 bits per heavy atom. The number of methoxy groups -OCH3 is 2. The van der Waals surface area contributed by atoms with E-state index in [1.54, 1.807) is 0 Å². The number of phenolic OH excluding ortho intramolecular Hbond substituents is 2. The van der Waals surface area contributed by atoms with Crippen molar-refractivity contribution in [2.24, 2.45) is 0 Å². The molecule has 23 heteroatoms. The number of benzene rings is 2. The number of Topliss-reactive ketones (excluding diaryl/α,β-unsaturated/α-hetero) is 1. The summed E-state index contributed by atoms with van der Waals surface area (Å²) in [6, 6.07) is -1.17. The zero-order chi connectivity index (χ0) is 38.0. The van der Waals surface area contributed by atoms with Crippen LogP contribution in [-0.4, -0.2) is 131 Å². The van der Waals surface area contributed by atoms with Gasteiger partial charge in [0.25, 0.3) is 20.2 Å². The quantitative estimate of drug-likeness (QED) is 0.0841. The molecule has 2 atom stereocenters. The van der Waals surface area contributed by atoms with Crippen LogP contribution in [0.3, 0.4) is 0 Å². The molecular formula is C28H40MnN2O18S2+2. The summed E-state index contributed by atoms with van der Waals surface area (Å²) >= 11 is 0. The molecular weight excluding hydrogens is 771 g/mol. The first-order chi connectivity index (χ1) is 22.5. The van der Waals surface area contributed by atoms with Crippen molar-refractivity contribution in [1.82, 2.24) is 9.80 Å². The van der Waals surface area contributed by atoms with E-state index in [-0.39, 0.29) is 34.0 Å². The topological polar surface area (TPSA) is 335 Å². The molecule has 0 amide bonds. The van der Waals surface area contributed by atoms with Gasteiger partial charge in [0.15, 0.2) is 0 Å². The SMILES string of the molecule is CCC.COc1cc(C(C(=O)O)N(CCN(CC(C)=O)[C@H](C(=O)O)c2cc(OC)cc(S(=O)(=O)O)c2O)CC(=O)O)c(O)c(S(=O)(=O)O)c1.O.[Mn+2]. The number of carboxylic acid groups (broad SMARTS) is 3. The van der Waals surface area contributed by atoms with Crippen molar-refractivity contribution in [3.05, 3.63) is 35.4 Å². The Hall–Kier alpha value is -4.06. The van der Waals surface area contributed by atoms with Crippen molar-refractivity contribution >= 4 is 43.9 Å². The molecule has 287 valence electrons. The maximum Gasteiger partial charge on any atom is 2.00 e. The average molecular weight is 812 g/mol. The molecule has 2 aromatic carbocycles. The van der Waals surface area contributed by atoms with E-state index < -0.39 is 115 Å². The molecule has 0 aliphatic carbocycles. The molecule has 2 rings (SSSR count). The Bertz CT molecular complexity index is 1640. The average Bonchev–Trinajstić information content (AvgIpc) is 2.95. The molecule has 0 aromatic heterocycles. The van der Waals surface area contributed by atoms with E-state index in [1.807, 2.05) is 0 Å². The summed E-state index contributed by atoms with van der Waals surface area (Å²) < 4.78 is 76.5. The predicted octanol–water partition coefficient (Wildman–Crippen LogP) is 0.427. The van der Waals surface area contributed by atoms with Crippen LogP contribution in [0.15, 0.2) is 34.1 Å². The number of carbonyl (C=O) groups is 4. The molecule has 9 N–H and O–H groups in total. The summed E-state index contributed by atoms with van der Waals surface area (Å²) in [5.74, 6) is -9.16. The Balaban J connectivity index is 0. The summed E-state index contributed by atoms with van der Waals surface area (Å²) in [4.78, 5) is 48.1. The zero-order valence-electron chi connectivity index (χ0n) is 27.8. The summed E-state index contributed by atoms with van der Waals surface area (Å²) in [5.41, 5.74) is -1.44. The zero-order valence-corrected chi connectivity index (χ0v) is 30.6. The number of aliphatic carboxylic acids is 3. The second-order valence-corrected chi connectivity index (χ2v) is 13.1. The number of hydrogen-bond donors (Lipinski definition) is 7. The molecule has 0 fully saturated rings. The molecule has 20 nitrogen and oxygen atoms in total. The van der Waals surface area contributed by atoms with E-state index in [0.717, 1.165) is 38.2 Å². The number of carboxylic acids is 3. The van der Waals surface area contributed by atoms with Crippen molar-refractivity contribution in [1.29, 1.82) is 0 Å². The van der Waals surface area contributed by atoms with Crippen molar-refractivity contribution in [2.75, 3.05) is 40.4 Å². The Morgan fingerprint density at radius 2 is 1.02 bits per heavy atom. The smallest absolute Gasteiger partial charge is 0.506 e. The van der Waals surface area contributed by atoms with E-state index in [4.69, 9.17) is 9.47 Å². The largest absolute Gasteiger partial charge is 2.00 e. The van der Waals surface area contributed by atoms with Crippen LogP contribution in [0.25, 0.3) is 0 Å². The van der Waals surface area contributed by atoms with Gasteiger partial charge in [-0.25, -0.2) is 0 Å². The fourth-order valence-corrected chi connectivity index (χ4v) is 5.79. The van der Waals surface area contributed by atoms with Crippen molar-refractivity contribution in [3.63, 3.8) is 0 Å². The van der Waals surface area contributed by atoms with Gasteiger partial charge in [-0.3, -0.25) is 38.1 Å². The standard InChI is InChI=1S/C25H30N2O17S2.C3H8.Mn.H2O/c1-12(28)10-26(20(24(33)34)15-6-13(43-2)8-17(22(15)31)45(37,38)39)4-5-27(11-19(29)30)21(25(35)36)16-7-14(44-3)9-18(23(16)32)46(40,41)42;1-3-2;;/h6-9,20-21,31-32H,4-5,10-11H2,1-3H3,(H,29,30)(H,33,34)(H,35,36)(H,37,38,39)(H,40,41,42);3H2,1-2H3;;1H2/q;;+2;/t20-,21?;;;/m0.../s1. The summed E-state index contributed by atoms with van der Waals surface area (Å²) in [6.45, 7) is 1.97. The molecule has 1 unspecified atom stereocenters. The fraction of sp³-hybridized carbons (Fsp3) is 0.429. The second kappa shape index (κ2) is 20.7. The first-order valence-electron chi connectivity index (χ1n) is 14.0. The molecule has 51 heavy (non-hydrogen) atoms. The molecule has 2 aromatic rings. The maximum atomic E-state index is 12.5. The minimum absolute atomic E-state index is 0. The number of rotatable bonds is 17. The van der Waals surface area contributed by atoms with Gasteiger partial charge in [0.1, 0.15) is 50.7 Å². The number of ketones is 1. The third-order valence-electron chi connectivity index (χ3n) is 6.41. The Labute approximate surface area is 303 Å². The second-order valence-electron chi connectivity index (χ2n) is 10.3. The van der Waals surface area contributed by atoms with Gasteiger partial charge in [-0.05, 0) is 19.1 Å². The van der Waals surface area contributed by atoms with Gasteiger partial charge in [-0.15, -0.1) is 0 Å². The van der Waals surface area contributed by atoms with E-state index in [1.165, 1.54) is 6.42 Å². The number of phenols is 2. The van der Waals surface area contributed by atoms with Gasteiger partial charge in [0.2, 0.25) is 0 Å². The third-order valence-corrected chi connectivity index (χ3v) is 8.14. The third kappa shape index (κ3) is 13.5. The van der Waals surface area contributed by atoms with Gasteiger partial charge < -0.3 is 40.5 Å². The molecule has 0 aliphatic rings. The maximum absolute atomic E-state index is 12.5. The van der Waals surface area contributed by atoms with Gasteiger partial charge >= 0.3 is 35.0 Å². The molecule has 0 aliphatic heterocycles. The summed E-state index contributed by atoms with van der Waals surface area (Å²) in [7, 11) is -8.22. The molecule has 0 spiro atoms. The number of nitrogens with zero attached hydrogens (tertiary/aromatic N) is 2. The van der Waals surface area contributed by atoms with E-state index in [9.17, 15) is 70.7 Å². The van der Waals surface area contributed by atoms with Crippen LogP contribution < -0.4 is 9.47 Å². The number of hydrogen-bond acceptors (Lipinski definition) is 14. The fourth-order valence-electron chi connectivity index (χ4n) is 4.54. The first-order valence-corrected chi connectivity index (χ1v) is 16.8. The molecule has 0 heterocycles. The predicted molar refractivity (Wildman–Crippen MR) is 171 cm³/mol. The first kappa shape index (κ1) is 49.1. The van der Waals surface area contributed by atoms with Crippen LogP contribution in [0.5, 0.6) is 23.0 Å². The van der Waals surface area contributed by atoms with Crippen LogP contribution >= 0.6 is 0 Å². The van der Waals surface area contributed by atoms with Crippen molar-refractivity contribution in [3.8, 4) is 23.0 Å². The normalized spacial score (nSPS) is 12.3. The van der Waals surface area contributed by atoms with Crippen LogP contribution in [0, 0.1) is 0 Å². The van der Waals surface area contributed by atoms with Crippen molar-refractivity contribution < 1.29 is 103 Å². The molecule has 0 saturated carbocycles. The van der Waals surface area contributed by atoms with Gasteiger partial charge in [-0.1, -0.05) is 20.3 Å². The minimum Gasteiger partial charge on any atom is -0.506 e. The van der Waals surface area contributed by atoms with Crippen LogP contribution in [0.4, 0.5) is 0 Å². The van der Waals surface area contributed by atoms with E-state index in [2.05, 4.69) is 13.8 Å².